The Labute approximate surface area is 150 Å². The zero-order valence-electron chi connectivity index (χ0n) is 13.2. The lowest BCUT2D eigenvalue weighted by Crippen LogP contribution is -2.12. The van der Waals surface area contributed by atoms with E-state index >= 15 is 0 Å². The van der Waals surface area contributed by atoms with Gasteiger partial charge >= 0.3 is 0 Å². The summed E-state index contributed by atoms with van der Waals surface area (Å²) in [5.74, 6) is -0.263. The van der Waals surface area contributed by atoms with Crippen molar-refractivity contribution in [3.63, 3.8) is 0 Å². The number of nitrogens with one attached hydrogen (secondary N) is 2. The van der Waals surface area contributed by atoms with Crippen LogP contribution in [0.3, 0.4) is 0 Å². The number of benzene rings is 3. The standard InChI is InChI=1S/C20H14ClN3O/c21-18-7-3-2-6-17(18)20(25)24-16-11-9-15(10-12-16)23-19-8-4-1-5-14(19)13-22/h1-12,23H,(H,24,25). The van der Waals surface area contributed by atoms with Gasteiger partial charge in [0.2, 0.25) is 0 Å². The quantitative estimate of drug-likeness (QED) is 0.681. The van der Waals surface area contributed by atoms with Gasteiger partial charge in [0.25, 0.3) is 5.91 Å². The van der Waals surface area contributed by atoms with Crippen molar-refractivity contribution in [2.45, 2.75) is 0 Å². The molecule has 0 aliphatic heterocycles. The average Bonchev–Trinajstić information content (AvgIpc) is 2.64. The third-order valence-corrected chi connectivity index (χ3v) is 3.92. The first-order valence-electron chi connectivity index (χ1n) is 7.59. The molecule has 0 bridgehead atoms. The highest BCUT2D eigenvalue weighted by molar-refractivity contribution is 6.34. The van der Waals surface area contributed by atoms with Crippen LogP contribution in [0.1, 0.15) is 15.9 Å². The number of para-hydroxylation sites is 1. The summed E-state index contributed by atoms with van der Waals surface area (Å²) >= 11 is 6.03. The summed E-state index contributed by atoms with van der Waals surface area (Å²) in [7, 11) is 0. The van der Waals surface area contributed by atoms with Crippen LogP contribution in [0.25, 0.3) is 0 Å². The molecule has 0 aliphatic rings. The van der Waals surface area contributed by atoms with Gasteiger partial charge in [-0.3, -0.25) is 4.79 Å². The lowest BCUT2D eigenvalue weighted by Gasteiger charge is -2.10. The molecule has 0 saturated carbocycles. The second kappa shape index (κ2) is 7.52. The van der Waals surface area contributed by atoms with Crippen molar-refractivity contribution in [2.75, 3.05) is 10.6 Å². The van der Waals surface area contributed by atoms with Gasteiger partial charge in [0.15, 0.2) is 0 Å². The lowest BCUT2D eigenvalue weighted by molar-refractivity contribution is 0.102. The molecule has 0 saturated heterocycles. The van der Waals surface area contributed by atoms with E-state index in [0.29, 0.717) is 21.8 Å². The van der Waals surface area contributed by atoms with Crippen LogP contribution in [0.15, 0.2) is 72.8 Å². The van der Waals surface area contributed by atoms with E-state index in [0.717, 1.165) is 11.4 Å². The van der Waals surface area contributed by atoms with Gasteiger partial charge in [-0.25, -0.2) is 0 Å². The molecule has 0 aromatic heterocycles. The van der Waals surface area contributed by atoms with Crippen molar-refractivity contribution in [3.8, 4) is 6.07 Å². The third kappa shape index (κ3) is 3.97. The molecule has 0 unspecified atom stereocenters. The normalized spacial score (nSPS) is 9.92. The van der Waals surface area contributed by atoms with Gasteiger partial charge in [-0.05, 0) is 48.5 Å². The van der Waals surface area contributed by atoms with E-state index < -0.39 is 0 Å². The molecular weight excluding hydrogens is 334 g/mol. The molecule has 0 aliphatic carbocycles. The molecule has 3 aromatic carbocycles. The first kappa shape index (κ1) is 16.6. The van der Waals surface area contributed by atoms with Crippen LogP contribution in [0.2, 0.25) is 5.02 Å². The van der Waals surface area contributed by atoms with Crippen LogP contribution in [0, 0.1) is 11.3 Å². The maximum absolute atomic E-state index is 12.2. The summed E-state index contributed by atoms with van der Waals surface area (Å²) in [4.78, 5) is 12.2. The van der Waals surface area contributed by atoms with Gasteiger partial charge in [-0.2, -0.15) is 5.26 Å². The fourth-order valence-electron chi connectivity index (χ4n) is 2.33. The summed E-state index contributed by atoms with van der Waals surface area (Å²) < 4.78 is 0. The molecule has 0 atom stereocenters. The van der Waals surface area contributed by atoms with E-state index in [4.69, 9.17) is 16.9 Å². The minimum absolute atomic E-state index is 0.263. The number of hydrogen-bond acceptors (Lipinski definition) is 3. The third-order valence-electron chi connectivity index (χ3n) is 3.59. The summed E-state index contributed by atoms with van der Waals surface area (Å²) in [5.41, 5.74) is 3.20. The number of carbonyl (C=O) groups is 1. The van der Waals surface area contributed by atoms with Crippen LogP contribution in [0.4, 0.5) is 17.1 Å². The number of anilines is 3. The number of nitriles is 1. The lowest BCUT2D eigenvalue weighted by atomic mass is 10.2. The van der Waals surface area contributed by atoms with E-state index in [-0.39, 0.29) is 5.91 Å². The van der Waals surface area contributed by atoms with Gasteiger partial charge in [-0.1, -0.05) is 35.9 Å². The average molecular weight is 348 g/mol. The largest absolute Gasteiger partial charge is 0.354 e. The second-order valence-corrected chi connectivity index (χ2v) is 5.70. The van der Waals surface area contributed by atoms with Gasteiger partial charge < -0.3 is 10.6 Å². The first-order chi connectivity index (χ1) is 12.2. The second-order valence-electron chi connectivity index (χ2n) is 5.29. The van der Waals surface area contributed by atoms with Crippen molar-refractivity contribution in [1.29, 1.82) is 5.26 Å². The first-order valence-corrected chi connectivity index (χ1v) is 7.97. The van der Waals surface area contributed by atoms with Gasteiger partial charge in [0, 0.05) is 11.4 Å². The monoisotopic (exact) mass is 347 g/mol. The van der Waals surface area contributed by atoms with Crippen LogP contribution >= 0.6 is 11.6 Å². The molecule has 1 amide bonds. The minimum atomic E-state index is -0.263. The van der Waals surface area contributed by atoms with Gasteiger partial charge in [-0.15, -0.1) is 0 Å². The molecule has 3 rings (SSSR count). The summed E-state index contributed by atoms with van der Waals surface area (Å²) in [6.07, 6.45) is 0. The van der Waals surface area contributed by atoms with E-state index in [9.17, 15) is 4.79 Å². The highest BCUT2D eigenvalue weighted by atomic mass is 35.5. The number of rotatable bonds is 4. The molecule has 0 spiro atoms. The number of hydrogen-bond donors (Lipinski definition) is 2. The van der Waals surface area contributed by atoms with Crippen molar-refractivity contribution in [2.24, 2.45) is 0 Å². The van der Waals surface area contributed by atoms with Crippen molar-refractivity contribution in [1.82, 2.24) is 0 Å². The minimum Gasteiger partial charge on any atom is -0.354 e. The fourth-order valence-corrected chi connectivity index (χ4v) is 2.55. The summed E-state index contributed by atoms with van der Waals surface area (Å²) in [6.45, 7) is 0. The molecular formula is C20H14ClN3O. The Kier molecular flexibility index (Phi) is 4.98. The zero-order valence-corrected chi connectivity index (χ0v) is 13.9. The van der Waals surface area contributed by atoms with Crippen LogP contribution < -0.4 is 10.6 Å². The maximum Gasteiger partial charge on any atom is 0.257 e. The fraction of sp³-hybridized carbons (Fsp3) is 0. The van der Waals surface area contributed by atoms with Crippen LogP contribution in [-0.2, 0) is 0 Å². The molecule has 0 heterocycles. The number of halogens is 1. The SMILES string of the molecule is N#Cc1ccccc1Nc1ccc(NC(=O)c2ccccc2Cl)cc1. The molecule has 2 N–H and O–H groups in total. The number of amides is 1. The summed E-state index contributed by atoms with van der Waals surface area (Å²) in [6, 6.07) is 23.5. The Hall–Kier alpha value is -3.29. The molecule has 0 fully saturated rings. The number of carbonyl (C=O) groups excluding carboxylic acids is 1. The Morgan fingerprint density at radius 1 is 0.880 bits per heavy atom. The van der Waals surface area contributed by atoms with E-state index in [1.54, 1.807) is 42.5 Å². The Morgan fingerprint density at radius 2 is 1.52 bits per heavy atom. The predicted octanol–water partition coefficient (Wildman–Crippen LogP) is 5.21. The zero-order chi connectivity index (χ0) is 17.6. The van der Waals surface area contributed by atoms with Crippen LogP contribution in [-0.4, -0.2) is 5.91 Å². The highest BCUT2D eigenvalue weighted by Gasteiger charge is 2.09. The Balaban J connectivity index is 1.72. The Morgan fingerprint density at radius 3 is 2.24 bits per heavy atom. The topological polar surface area (TPSA) is 64.9 Å². The smallest absolute Gasteiger partial charge is 0.257 e. The van der Waals surface area contributed by atoms with Crippen molar-refractivity contribution < 1.29 is 4.79 Å². The van der Waals surface area contributed by atoms with Crippen LogP contribution in [0.5, 0.6) is 0 Å². The van der Waals surface area contributed by atoms with Gasteiger partial charge in [0.1, 0.15) is 6.07 Å². The summed E-state index contributed by atoms with van der Waals surface area (Å²) in [5, 5.41) is 15.5. The predicted molar refractivity (Wildman–Crippen MR) is 100 cm³/mol. The van der Waals surface area contributed by atoms with E-state index in [1.807, 2.05) is 30.3 Å². The molecule has 0 radical (unpaired) electrons. The van der Waals surface area contributed by atoms with Gasteiger partial charge in [0.05, 0.1) is 21.8 Å². The highest BCUT2D eigenvalue weighted by Crippen LogP contribution is 2.22. The molecule has 5 heteroatoms. The maximum atomic E-state index is 12.2. The van der Waals surface area contributed by atoms with E-state index in [1.165, 1.54) is 0 Å². The molecule has 122 valence electrons. The van der Waals surface area contributed by atoms with Crippen molar-refractivity contribution >= 4 is 34.6 Å². The van der Waals surface area contributed by atoms with Crippen molar-refractivity contribution in [3.05, 3.63) is 88.9 Å². The number of nitrogens with zero attached hydrogens (tertiary/aromatic N) is 1. The molecule has 3 aromatic rings. The van der Waals surface area contributed by atoms with E-state index in [2.05, 4.69) is 16.7 Å². The molecule has 4 nitrogen and oxygen atoms in total. The molecule has 25 heavy (non-hydrogen) atoms. The Bertz CT molecular complexity index is 946.